The summed E-state index contributed by atoms with van der Waals surface area (Å²) in [5.41, 5.74) is -5.56. The van der Waals surface area contributed by atoms with Gasteiger partial charge in [0, 0.05) is 0 Å². The van der Waals surface area contributed by atoms with Crippen molar-refractivity contribution in [3.8, 4) is 5.88 Å². The second-order valence-corrected chi connectivity index (χ2v) is 4.72. The number of nitrogens with one attached hydrogen (secondary N) is 1. The summed E-state index contributed by atoms with van der Waals surface area (Å²) >= 11 is 0. The molecule has 0 atom stereocenters. The molecular weight excluding hydrogens is 280 g/mol. The van der Waals surface area contributed by atoms with Gasteiger partial charge in [0.1, 0.15) is 0 Å². The number of hydrogen-bond donors (Lipinski definition) is 2. The fraction of sp³-hybridized carbons (Fsp3) is 0.500. The molecule has 12 heteroatoms. The number of anilines is 1. The monoisotopic (exact) mass is 288 g/mol. The molecule has 0 radical (unpaired) electrons. The van der Waals surface area contributed by atoms with Crippen LogP contribution in [0.25, 0.3) is 0 Å². The van der Waals surface area contributed by atoms with E-state index in [0.29, 0.717) is 0 Å². The van der Waals surface area contributed by atoms with Gasteiger partial charge in [0.15, 0.2) is 5.76 Å². The van der Waals surface area contributed by atoms with Crippen molar-refractivity contribution in [2.45, 2.75) is 19.3 Å². The Morgan fingerprint density at radius 2 is 2.06 bits per heavy atom. The van der Waals surface area contributed by atoms with Gasteiger partial charge in [-0.2, -0.15) is 26.6 Å². The molecule has 1 aromatic heterocycles. The van der Waals surface area contributed by atoms with Gasteiger partial charge in [0.05, 0.1) is 0 Å². The van der Waals surface area contributed by atoms with E-state index in [9.17, 15) is 21.6 Å². The minimum atomic E-state index is -5.80. The van der Waals surface area contributed by atoms with Crippen molar-refractivity contribution in [1.29, 1.82) is 0 Å². The first-order valence-electron chi connectivity index (χ1n) is 4.45. The van der Waals surface area contributed by atoms with Gasteiger partial charge in [-0.25, -0.2) is 0 Å². The van der Waals surface area contributed by atoms with Gasteiger partial charge in [-0.05, 0) is 13.7 Å². The second-order valence-electron chi connectivity index (χ2n) is 3.18. The van der Waals surface area contributed by atoms with Crippen LogP contribution in [0.15, 0.2) is 4.42 Å². The zero-order valence-corrected chi connectivity index (χ0v) is 9.96. The Hall–Kier alpha value is -1.43. The zero-order chi connectivity index (χ0) is 14.1. The van der Waals surface area contributed by atoms with Crippen LogP contribution in [0.2, 0.25) is 6.82 Å². The van der Waals surface area contributed by atoms with Crippen LogP contribution in [-0.4, -0.2) is 31.0 Å². The average Bonchev–Trinajstić information content (AvgIpc) is 2.42. The lowest BCUT2D eigenvalue weighted by atomic mass is 9.90. The highest BCUT2D eigenvalue weighted by molar-refractivity contribution is 7.87. The predicted molar refractivity (Wildman–Crippen MR) is 54.3 cm³/mol. The minimum absolute atomic E-state index is 0.286. The minimum Gasteiger partial charge on any atom is -0.433 e. The van der Waals surface area contributed by atoms with Gasteiger partial charge in [0.25, 0.3) is 11.9 Å². The van der Waals surface area contributed by atoms with Crippen LogP contribution in [0.5, 0.6) is 5.88 Å². The fourth-order valence-corrected chi connectivity index (χ4v) is 1.31. The second kappa shape index (κ2) is 4.68. The predicted octanol–water partition coefficient (Wildman–Crippen LogP) is 0.734. The van der Waals surface area contributed by atoms with Crippen LogP contribution in [0.3, 0.4) is 0 Å². The smallest absolute Gasteiger partial charge is 0.433 e. The average molecular weight is 288 g/mol. The Morgan fingerprint density at radius 3 is 2.50 bits per heavy atom. The Bertz CT molecular complexity index is 526. The van der Waals surface area contributed by atoms with E-state index in [4.69, 9.17) is 9.44 Å². The third-order valence-corrected chi connectivity index (χ3v) is 2.50. The van der Waals surface area contributed by atoms with Crippen molar-refractivity contribution >= 4 is 23.2 Å². The van der Waals surface area contributed by atoms with Crippen LogP contribution >= 0.6 is 0 Å². The molecule has 1 aromatic rings. The van der Waals surface area contributed by atoms with Gasteiger partial charge in [0.2, 0.25) is 0 Å². The quantitative estimate of drug-likeness (QED) is 0.478. The molecule has 0 saturated heterocycles. The SMILES string of the molecule is CB(O)Nc1nc(OS(=O)(=O)C(F)(F)F)c(C)o1. The standard InChI is InChI=1S/C6H8BF3N2O5S/c1-3-4(11-5(16-3)12-7(2)13)17-18(14,15)6(8,9)10/h13H,1-2H3,(H,11,12). The topological polar surface area (TPSA) is 102 Å². The molecule has 0 aliphatic heterocycles. The van der Waals surface area contributed by atoms with Gasteiger partial charge in [-0.15, -0.1) is 0 Å². The van der Waals surface area contributed by atoms with E-state index in [1.54, 1.807) is 0 Å². The van der Waals surface area contributed by atoms with E-state index >= 15 is 0 Å². The summed E-state index contributed by atoms with van der Waals surface area (Å²) in [5, 5.41) is 11.1. The molecule has 102 valence electrons. The van der Waals surface area contributed by atoms with E-state index in [0.717, 1.165) is 6.92 Å². The summed E-state index contributed by atoms with van der Waals surface area (Å²) in [6.45, 7) is 2.45. The zero-order valence-electron chi connectivity index (χ0n) is 9.15. The van der Waals surface area contributed by atoms with Gasteiger partial charge in [-0.3, -0.25) is 0 Å². The fourth-order valence-electron chi connectivity index (χ4n) is 0.851. The van der Waals surface area contributed by atoms with Crippen molar-refractivity contribution in [2.75, 3.05) is 5.23 Å². The first kappa shape index (κ1) is 14.6. The Morgan fingerprint density at radius 1 is 1.50 bits per heavy atom. The summed E-state index contributed by atoms with van der Waals surface area (Å²) in [6, 6.07) is -0.366. The molecule has 2 N–H and O–H groups in total. The maximum Gasteiger partial charge on any atom is 0.534 e. The van der Waals surface area contributed by atoms with Crippen molar-refractivity contribution in [2.24, 2.45) is 0 Å². The van der Waals surface area contributed by atoms with Crippen molar-refractivity contribution in [1.82, 2.24) is 4.98 Å². The van der Waals surface area contributed by atoms with Gasteiger partial charge < -0.3 is 18.9 Å². The summed E-state index contributed by atoms with van der Waals surface area (Å²) in [5.74, 6) is -1.14. The molecular formula is C6H8BF3N2O5S. The molecule has 1 heterocycles. The van der Waals surface area contributed by atoms with E-state index in [-0.39, 0.29) is 11.8 Å². The molecule has 1 rings (SSSR count). The number of aryl methyl sites for hydroxylation is 1. The highest BCUT2D eigenvalue weighted by Gasteiger charge is 2.49. The van der Waals surface area contributed by atoms with Crippen LogP contribution in [-0.2, 0) is 10.1 Å². The van der Waals surface area contributed by atoms with E-state index < -0.39 is 28.6 Å². The summed E-state index contributed by atoms with van der Waals surface area (Å²) in [7, 11) is -6.89. The summed E-state index contributed by atoms with van der Waals surface area (Å²) in [4.78, 5) is 3.31. The third kappa shape index (κ3) is 3.29. The normalized spacial score (nSPS) is 12.3. The number of halogens is 3. The number of alkyl halides is 3. The molecule has 0 fully saturated rings. The molecule has 0 spiro atoms. The summed E-state index contributed by atoms with van der Waals surface area (Å²) < 4.78 is 66.1. The molecule has 0 amide bonds. The Kier molecular flexibility index (Phi) is 3.81. The number of nitrogens with zero attached hydrogens (tertiary/aromatic N) is 1. The summed E-state index contributed by atoms with van der Waals surface area (Å²) in [6.07, 6.45) is 0. The van der Waals surface area contributed by atoms with Crippen LogP contribution < -0.4 is 9.41 Å². The number of hydrogen-bond acceptors (Lipinski definition) is 7. The number of aromatic nitrogens is 1. The maximum absolute atomic E-state index is 12.0. The lowest BCUT2D eigenvalue weighted by molar-refractivity contribution is -0.0501. The van der Waals surface area contributed by atoms with Crippen molar-refractivity contribution < 1.29 is 35.2 Å². The lowest BCUT2D eigenvalue weighted by Gasteiger charge is -2.06. The highest BCUT2D eigenvalue weighted by Crippen LogP contribution is 2.29. The van der Waals surface area contributed by atoms with E-state index in [1.807, 2.05) is 0 Å². The largest absolute Gasteiger partial charge is 0.534 e. The van der Waals surface area contributed by atoms with Gasteiger partial charge >= 0.3 is 22.7 Å². The lowest BCUT2D eigenvalue weighted by Crippen LogP contribution is -2.28. The molecule has 0 aromatic carbocycles. The van der Waals surface area contributed by atoms with E-state index in [1.165, 1.54) is 6.82 Å². The van der Waals surface area contributed by atoms with Crippen molar-refractivity contribution in [3.05, 3.63) is 5.76 Å². The molecule has 0 aliphatic carbocycles. The van der Waals surface area contributed by atoms with Crippen LogP contribution in [0, 0.1) is 6.92 Å². The Labute approximate surface area is 100 Å². The molecule has 0 aliphatic rings. The van der Waals surface area contributed by atoms with Crippen LogP contribution in [0.4, 0.5) is 19.2 Å². The maximum atomic E-state index is 12.0. The molecule has 7 nitrogen and oxygen atoms in total. The third-order valence-electron chi connectivity index (χ3n) is 1.56. The Balaban J connectivity index is 2.96. The van der Waals surface area contributed by atoms with E-state index in [2.05, 4.69) is 14.4 Å². The molecule has 18 heavy (non-hydrogen) atoms. The first-order valence-corrected chi connectivity index (χ1v) is 5.86. The number of rotatable bonds is 4. The molecule has 0 saturated carbocycles. The molecule has 0 bridgehead atoms. The van der Waals surface area contributed by atoms with Gasteiger partial charge in [-0.1, -0.05) is 0 Å². The molecule has 0 unspecified atom stereocenters. The number of oxazole rings is 1. The van der Waals surface area contributed by atoms with Crippen LogP contribution in [0.1, 0.15) is 5.76 Å². The van der Waals surface area contributed by atoms with Crippen molar-refractivity contribution in [3.63, 3.8) is 0 Å². The first-order chi connectivity index (χ1) is 8.03. The highest BCUT2D eigenvalue weighted by atomic mass is 32.2.